The summed E-state index contributed by atoms with van der Waals surface area (Å²) in [5, 5.41) is 2.88. The van der Waals surface area contributed by atoms with Crippen LogP contribution in [0.2, 0.25) is 0 Å². The van der Waals surface area contributed by atoms with E-state index in [4.69, 9.17) is 9.47 Å². The van der Waals surface area contributed by atoms with Crippen LogP contribution < -0.4 is 10.1 Å². The summed E-state index contributed by atoms with van der Waals surface area (Å²) >= 11 is 0. The maximum absolute atomic E-state index is 13.0. The number of urea groups is 1. The Balaban J connectivity index is 1.72. The van der Waals surface area contributed by atoms with Crippen molar-refractivity contribution >= 4 is 11.9 Å². The van der Waals surface area contributed by atoms with Crippen molar-refractivity contribution in [1.82, 2.24) is 20.1 Å². The van der Waals surface area contributed by atoms with Crippen molar-refractivity contribution < 1.29 is 19.1 Å². The van der Waals surface area contributed by atoms with Gasteiger partial charge in [-0.25, -0.2) is 4.79 Å². The molecule has 2 aliphatic heterocycles. The molecule has 2 aliphatic rings. The molecule has 3 rings (SSSR count). The number of nitrogens with one attached hydrogen (secondary N) is 1. The fraction of sp³-hybridized carbons (Fsp3) is 0.611. The minimum atomic E-state index is -0.520. The van der Waals surface area contributed by atoms with Crippen molar-refractivity contribution in [3.63, 3.8) is 0 Å². The normalized spacial score (nSPS) is 23.2. The fourth-order valence-corrected chi connectivity index (χ4v) is 3.27. The summed E-state index contributed by atoms with van der Waals surface area (Å²) in [7, 11) is 0. The number of likely N-dealkylation sites (tertiary alicyclic amines) is 1. The van der Waals surface area contributed by atoms with Gasteiger partial charge in [0.05, 0.1) is 26.0 Å². The van der Waals surface area contributed by atoms with E-state index in [0.717, 1.165) is 0 Å². The molecule has 1 N–H and O–H groups in total. The molecule has 1 aromatic rings. The molecule has 0 bridgehead atoms. The van der Waals surface area contributed by atoms with Crippen LogP contribution in [0.15, 0.2) is 24.5 Å². The topological polar surface area (TPSA) is 84.0 Å². The predicted octanol–water partition coefficient (Wildman–Crippen LogP) is 0.880. The van der Waals surface area contributed by atoms with Crippen LogP contribution in [0.3, 0.4) is 0 Å². The van der Waals surface area contributed by atoms with Gasteiger partial charge in [-0.15, -0.1) is 0 Å². The lowest BCUT2D eigenvalue weighted by Gasteiger charge is -2.32. The summed E-state index contributed by atoms with van der Waals surface area (Å²) in [6.45, 7) is 6.35. The molecule has 0 unspecified atom stereocenters. The van der Waals surface area contributed by atoms with Crippen LogP contribution in [0.1, 0.15) is 20.3 Å². The molecule has 0 aromatic carbocycles. The third kappa shape index (κ3) is 4.43. The number of amides is 3. The molecule has 26 heavy (non-hydrogen) atoms. The third-order valence-electron chi connectivity index (χ3n) is 4.48. The monoisotopic (exact) mass is 362 g/mol. The van der Waals surface area contributed by atoms with Gasteiger partial charge in [-0.1, -0.05) is 0 Å². The number of carbonyl (C=O) groups excluding carboxylic acids is 2. The van der Waals surface area contributed by atoms with Crippen molar-refractivity contribution in [2.45, 2.75) is 38.5 Å². The van der Waals surface area contributed by atoms with Gasteiger partial charge in [-0.2, -0.15) is 0 Å². The van der Waals surface area contributed by atoms with E-state index < -0.39 is 6.04 Å². The molecule has 0 saturated carbocycles. The Morgan fingerprint density at radius 1 is 1.35 bits per heavy atom. The summed E-state index contributed by atoms with van der Waals surface area (Å²) in [5.74, 6) is 0.602. The van der Waals surface area contributed by atoms with Gasteiger partial charge in [-0.3, -0.25) is 9.78 Å². The lowest BCUT2D eigenvalue weighted by Crippen LogP contribution is -2.53. The van der Waals surface area contributed by atoms with E-state index in [2.05, 4.69) is 10.3 Å². The largest absolute Gasteiger partial charge is 0.487 e. The Morgan fingerprint density at radius 2 is 2.12 bits per heavy atom. The van der Waals surface area contributed by atoms with Crippen LogP contribution >= 0.6 is 0 Å². The average Bonchev–Trinajstić information content (AvgIpc) is 3.06. The Kier molecular flexibility index (Phi) is 5.92. The van der Waals surface area contributed by atoms with E-state index in [1.165, 1.54) is 0 Å². The van der Waals surface area contributed by atoms with E-state index >= 15 is 0 Å². The molecule has 3 heterocycles. The van der Waals surface area contributed by atoms with Crippen LogP contribution in [-0.4, -0.2) is 77.8 Å². The highest BCUT2D eigenvalue weighted by Gasteiger charge is 2.42. The van der Waals surface area contributed by atoms with E-state index in [1.807, 2.05) is 19.9 Å². The Bertz CT molecular complexity index is 619. The van der Waals surface area contributed by atoms with Crippen molar-refractivity contribution in [2.75, 3.05) is 32.8 Å². The lowest BCUT2D eigenvalue weighted by molar-refractivity contribution is -0.139. The van der Waals surface area contributed by atoms with Gasteiger partial charge in [0.2, 0.25) is 5.91 Å². The Hall–Kier alpha value is -2.35. The maximum Gasteiger partial charge on any atom is 0.318 e. The molecule has 1 aromatic heterocycles. The minimum Gasteiger partial charge on any atom is -0.487 e. The van der Waals surface area contributed by atoms with Crippen LogP contribution in [0.5, 0.6) is 5.75 Å². The standard InChI is InChI=1S/C18H26N4O4/c1-13(2)20-18(24)22-12-15(26-14-4-3-5-19-11-14)10-16(22)17(23)21-6-8-25-9-7-21/h3-5,11,13,15-16H,6-10,12H2,1-2H3,(H,20,24)/t15-,16-/m0/s1. The summed E-state index contributed by atoms with van der Waals surface area (Å²) in [4.78, 5) is 33.0. The van der Waals surface area contributed by atoms with Crippen LogP contribution in [0.4, 0.5) is 4.79 Å². The number of aromatic nitrogens is 1. The van der Waals surface area contributed by atoms with Crippen molar-refractivity contribution in [1.29, 1.82) is 0 Å². The number of pyridine rings is 1. The second-order valence-electron chi connectivity index (χ2n) is 6.87. The van der Waals surface area contributed by atoms with Crippen molar-refractivity contribution in [3.8, 4) is 5.75 Å². The molecule has 2 saturated heterocycles. The maximum atomic E-state index is 13.0. The highest BCUT2D eigenvalue weighted by atomic mass is 16.5. The van der Waals surface area contributed by atoms with Crippen molar-refractivity contribution in [3.05, 3.63) is 24.5 Å². The van der Waals surface area contributed by atoms with Crippen LogP contribution in [-0.2, 0) is 9.53 Å². The van der Waals surface area contributed by atoms with E-state index in [1.54, 1.807) is 28.3 Å². The summed E-state index contributed by atoms with van der Waals surface area (Å²) < 4.78 is 11.3. The first-order valence-corrected chi connectivity index (χ1v) is 9.05. The van der Waals surface area contributed by atoms with E-state index in [9.17, 15) is 9.59 Å². The molecular formula is C18H26N4O4. The second kappa shape index (κ2) is 8.35. The zero-order chi connectivity index (χ0) is 18.5. The first kappa shape index (κ1) is 18.4. The molecule has 3 amide bonds. The molecule has 2 atom stereocenters. The summed E-state index contributed by atoms with van der Waals surface area (Å²) in [6.07, 6.45) is 3.54. The van der Waals surface area contributed by atoms with Crippen molar-refractivity contribution in [2.24, 2.45) is 0 Å². The van der Waals surface area contributed by atoms with Gasteiger partial charge < -0.3 is 24.6 Å². The van der Waals surface area contributed by atoms with E-state index in [-0.39, 0.29) is 24.1 Å². The molecule has 8 heteroatoms. The summed E-state index contributed by atoms with van der Waals surface area (Å²) in [6, 6.07) is 2.87. The number of carbonyl (C=O) groups is 2. The number of ether oxygens (including phenoxy) is 2. The highest BCUT2D eigenvalue weighted by molar-refractivity contribution is 5.88. The molecule has 8 nitrogen and oxygen atoms in total. The molecule has 0 radical (unpaired) electrons. The average molecular weight is 362 g/mol. The smallest absolute Gasteiger partial charge is 0.318 e. The quantitative estimate of drug-likeness (QED) is 0.860. The summed E-state index contributed by atoms with van der Waals surface area (Å²) in [5.41, 5.74) is 0. The number of rotatable bonds is 4. The minimum absolute atomic E-state index is 0.0000644. The van der Waals surface area contributed by atoms with Gasteiger partial charge in [0.1, 0.15) is 17.9 Å². The first-order chi connectivity index (χ1) is 12.5. The number of hydrogen-bond acceptors (Lipinski definition) is 5. The van der Waals surface area contributed by atoms with E-state index in [0.29, 0.717) is 45.0 Å². The lowest BCUT2D eigenvalue weighted by atomic mass is 10.1. The zero-order valence-corrected chi connectivity index (χ0v) is 15.3. The van der Waals surface area contributed by atoms with Gasteiger partial charge in [0.25, 0.3) is 0 Å². The molecule has 0 aliphatic carbocycles. The van der Waals surface area contributed by atoms with Gasteiger partial charge >= 0.3 is 6.03 Å². The SMILES string of the molecule is CC(C)NC(=O)N1C[C@@H](Oc2cccnc2)C[C@H]1C(=O)N1CCOCC1. The molecule has 142 valence electrons. The van der Waals surface area contributed by atoms with Crippen LogP contribution in [0, 0.1) is 0 Å². The zero-order valence-electron chi connectivity index (χ0n) is 15.3. The predicted molar refractivity (Wildman–Crippen MR) is 94.8 cm³/mol. The third-order valence-corrected chi connectivity index (χ3v) is 4.48. The Labute approximate surface area is 153 Å². The number of morpholine rings is 1. The molecule has 2 fully saturated rings. The molecular weight excluding hydrogens is 336 g/mol. The van der Waals surface area contributed by atoms with Gasteiger partial charge in [-0.05, 0) is 26.0 Å². The molecule has 0 spiro atoms. The van der Waals surface area contributed by atoms with Gasteiger partial charge in [0.15, 0.2) is 0 Å². The Morgan fingerprint density at radius 3 is 2.77 bits per heavy atom. The number of nitrogens with zero attached hydrogens (tertiary/aromatic N) is 3. The fourth-order valence-electron chi connectivity index (χ4n) is 3.27. The number of hydrogen-bond donors (Lipinski definition) is 1. The van der Waals surface area contributed by atoms with Gasteiger partial charge in [0, 0.05) is 31.7 Å². The highest BCUT2D eigenvalue weighted by Crippen LogP contribution is 2.24. The second-order valence-corrected chi connectivity index (χ2v) is 6.87. The first-order valence-electron chi connectivity index (χ1n) is 9.05. The van der Waals surface area contributed by atoms with Crippen LogP contribution in [0.25, 0.3) is 0 Å².